The monoisotopic (exact) mass is 283 g/mol. The van der Waals surface area contributed by atoms with Crippen LogP contribution in [0.2, 0.25) is 0 Å². The predicted molar refractivity (Wildman–Crippen MR) is 69.3 cm³/mol. The van der Waals surface area contributed by atoms with E-state index in [1.165, 1.54) is 42.6 Å². The first kappa shape index (κ1) is 13.0. The van der Waals surface area contributed by atoms with Gasteiger partial charge in [-0.05, 0) is 12.1 Å². The molecule has 1 aromatic rings. The standard InChI is InChI=1S/C11H10ClN3O4/c1-19-9-6-13-14(11(16)10(9)12)7-2-4-8(5-3-7)15(17)18/h2-6,13,16H,1H3. The Hall–Kier alpha value is -2.41. The maximum atomic E-state index is 10.6. The zero-order valence-electron chi connectivity index (χ0n) is 9.83. The number of rotatable bonds is 3. The molecule has 8 heteroatoms. The minimum absolute atomic E-state index is 0.0385. The second-order valence-corrected chi connectivity index (χ2v) is 3.97. The zero-order valence-corrected chi connectivity index (χ0v) is 10.6. The summed E-state index contributed by atoms with van der Waals surface area (Å²) < 4.78 is 4.94. The number of allylic oxidation sites excluding steroid dienone is 1. The number of hydrazine groups is 1. The number of nitrogens with zero attached hydrogens (tertiary/aromatic N) is 2. The zero-order chi connectivity index (χ0) is 14.0. The summed E-state index contributed by atoms with van der Waals surface area (Å²) >= 11 is 5.91. The topological polar surface area (TPSA) is 87.9 Å². The number of aliphatic hydroxyl groups excluding tert-OH is 1. The van der Waals surface area contributed by atoms with Gasteiger partial charge in [-0.15, -0.1) is 0 Å². The molecule has 1 aromatic carbocycles. The van der Waals surface area contributed by atoms with Gasteiger partial charge in [0, 0.05) is 12.1 Å². The van der Waals surface area contributed by atoms with Crippen molar-refractivity contribution in [3.05, 3.63) is 57.3 Å². The summed E-state index contributed by atoms with van der Waals surface area (Å²) in [4.78, 5) is 10.1. The van der Waals surface area contributed by atoms with Crippen molar-refractivity contribution in [3.8, 4) is 0 Å². The van der Waals surface area contributed by atoms with Gasteiger partial charge in [0.05, 0.1) is 23.9 Å². The van der Waals surface area contributed by atoms with Crippen LogP contribution < -0.4 is 10.4 Å². The van der Waals surface area contributed by atoms with Crippen molar-refractivity contribution in [1.82, 2.24) is 5.43 Å². The maximum absolute atomic E-state index is 10.6. The van der Waals surface area contributed by atoms with Crippen LogP contribution in [0.5, 0.6) is 0 Å². The summed E-state index contributed by atoms with van der Waals surface area (Å²) in [6.45, 7) is 0. The number of benzene rings is 1. The van der Waals surface area contributed by atoms with Crippen molar-refractivity contribution >= 4 is 23.0 Å². The molecule has 0 saturated carbocycles. The molecule has 0 atom stereocenters. The van der Waals surface area contributed by atoms with Gasteiger partial charge in [-0.2, -0.15) is 0 Å². The first-order chi connectivity index (χ1) is 9.04. The third-order valence-electron chi connectivity index (χ3n) is 2.49. The van der Waals surface area contributed by atoms with Gasteiger partial charge in [-0.3, -0.25) is 15.5 Å². The Balaban J connectivity index is 2.29. The Morgan fingerprint density at radius 3 is 2.58 bits per heavy atom. The number of halogens is 1. The average molecular weight is 284 g/mol. The second-order valence-electron chi connectivity index (χ2n) is 3.59. The number of hydrogen-bond acceptors (Lipinski definition) is 6. The SMILES string of the molecule is COC1=CNN(c2ccc([N+](=O)[O-])cc2)C(O)=C1Cl. The lowest BCUT2D eigenvalue weighted by Gasteiger charge is -2.27. The lowest BCUT2D eigenvalue weighted by Crippen LogP contribution is -2.37. The van der Waals surface area contributed by atoms with E-state index >= 15 is 0 Å². The molecule has 1 heterocycles. The highest BCUT2D eigenvalue weighted by Gasteiger charge is 2.22. The fourth-order valence-corrected chi connectivity index (χ4v) is 1.74. The maximum Gasteiger partial charge on any atom is 0.269 e. The molecule has 0 bridgehead atoms. The number of methoxy groups -OCH3 is 1. The van der Waals surface area contributed by atoms with Crippen molar-refractivity contribution < 1.29 is 14.8 Å². The molecule has 0 amide bonds. The number of anilines is 1. The Labute approximate surface area is 113 Å². The van der Waals surface area contributed by atoms with Crippen LogP contribution >= 0.6 is 11.6 Å². The van der Waals surface area contributed by atoms with Gasteiger partial charge in [0.15, 0.2) is 5.76 Å². The Morgan fingerprint density at radius 1 is 1.42 bits per heavy atom. The van der Waals surface area contributed by atoms with Crippen LogP contribution in [-0.2, 0) is 4.74 Å². The lowest BCUT2D eigenvalue weighted by atomic mass is 10.2. The number of ether oxygens (including phenoxy) is 1. The van der Waals surface area contributed by atoms with Crippen LogP contribution in [0.25, 0.3) is 0 Å². The second kappa shape index (κ2) is 5.07. The van der Waals surface area contributed by atoms with Gasteiger partial charge in [-0.25, -0.2) is 5.01 Å². The molecule has 1 aliphatic rings. The number of aliphatic hydroxyl groups is 1. The molecular weight excluding hydrogens is 274 g/mol. The number of nitro groups is 1. The molecule has 0 fully saturated rings. The van der Waals surface area contributed by atoms with Crippen molar-refractivity contribution in [3.63, 3.8) is 0 Å². The number of non-ortho nitro benzene ring substituents is 1. The lowest BCUT2D eigenvalue weighted by molar-refractivity contribution is -0.384. The van der Waals surface area contributed by atoms with Gasteiger partial charge in [-0.1, -0.05) is 11.6 Å². The Morgan fingerprint density at radius 2 is 2.05 bits per heavy atom. The number of nitrogens with one attached hydrogen (secondary N) is 1. The van der Waals surface area contributed by atoms with Crippen molar-refractivity contribution in [2.75, 3.05) is 12.1 Å². The molecule has 100 valence electrons. The molecular formula is C11H10ClN3O4. The van der Waals surface area contributed by atoms with Crippen LogP contribution in [0.3, 0.4) is 0 Å². The molecule has 2 rings (SSSR count). The highest BCUT2D eigenvalue weighted by Crippen LogP contribution is 2.28. The van der Waals surface area contributed by atoms with Crippen LogP contribution in [-0.4, -0.2) is 17.1 Å². The summed E-state index contributed by atoms with van der Waals surface area (Å²) in [5.41, 5.74) is 3.20. The van der Waals surface area contributed by atoms with E-state index in [1.807, 2.05) is 0 Å². The number of hydrogen-bond donors (Lipinski definition) is 2. The van der Waals surface area contributed by atoms with E-state index in [0.717, 1.165) is 0 Å². The Bertz CT molecular complexity index is 568. The molecule has 0 aromatic heterocycles. The molecule has 2 N–H and O–H groups in total. The minimum Gasteiger partial charge on any atom is -0.493 e. The Kier molecular flexibility index (Phi) is 3.48. The van der Waals surface area contributed by atoms with Crippen molar-refractivity contribution in [1.29, 1.82) is 0 Å². The van der Waals surface area contributed by atoms with E-state index in [2.05, 4.69) is 5.43 Å². The molecule has 7 nitrogen and oxygen atoms in total. The van der Waals surface area contributed by atoms with Crippen molar-refractivity contribution in [2.45, 2.75) is 0 Å². The molecule has 19 heavy (non-hydrogen) atoms. The van der Waals surface area contributed by atoms with Gasteiger partial charge in [0.2, 0.25) is 5.88 Å². The summed E-state index contributed by atoms with van der Waals surface area (Å²) in [5, 5.41) is 21.8. The molecule has 0 unspecified atom stereocenters. The van der Waals surface area contributed by atoms with E-state index in [9.17, 15) is 15.2 Å². The highest BCUT2D eigenvalue weighted by atomic mass is 35.5. The van der Waals surface area contributed by atoms with Crippen LogP contribution in [0.4, 0.5) is 11.4 Å². The minimum atomic E-state index is -0.501. The number of nitro benzene ring substituents is 1. The molecule has 0 saturated heterocycles. The van der Waals surface area contributed by atoms with Gasteiger partial charge in [0.1, 0.15) is 5.03 Å². The average Bonchev–Trinajstić information content (AvgIpc) is 2.42. The normalized spacial score (nSPS) is 14.8. The van der Waals surface area contributed by atoms with Crippen LogP contribution in [0.15, 0.2) is 47.1 Å². The first-order valence-electron chi connectivity index (χ1n) is 5.18. The van der Waals surface area contributed by atoms with Gasteiger partial charge < -0.3 is 9.84 Å². The summed E-state index contributed by atoms with van der Waals surface area (Å²) in [5.74, 6) is 0.0344. The highest BCUT2D eigenvalue weighted by molar-refractivity contribution is 6.32. The summed E-state index contributed by atoms with van der Waals surface area (Å²) in [6, 6.07) is 5.62. The predicted octanol–water partition coefficient (Wildman–Crippen LogP) is 2.37. The van der Waals surface area contributed by atoms with E-state index in [4.69, 9.17) is 16.3 Å². The molecule has 1 aliphatic heterocycles. The molecule has 0 radical (unpaired) electrons. The fraction of sp³-hybridized carbons (Fsp3) is 0.0909. The van der Waals surface area contributed by atoms with E-state index in [-0.39, 0.29) is 22.4 Å². The quantitative estimate of drug-likeness (QED) is 0.654. The third kappa shape index (κ3) is 2.41. The fourth-order valence-electron chi connectivity index (χ4n) is 1.52. The van der Waals surface area contributed by atoms with Gasteiger partial charge >= 0.3 is 0 Å². The van der Waals surface area contributed by atoms with E-state index < -0.39 is 4.92 Å². The molecule has 0 aliphatic carbocycles. The molecule has 0 spiro atoms. The first-order valence-corrected chi connectivity index (χ1v) is 5.56. The third-order valence-corrected chi connectivity index (χ3v) is 2.84. The smallest absolute Gasteiger partial charge is 0.269 e. The van der Waals surface area contributed by atoms with E-state index in [0.29, 0.717) is 5.69 Å². The van der Waals surface area contributed by atoms with Crippen LogP contribution in [0, 0.1) is 10.1 Å². The van der Waals surface area contributed by atoms with Crippen LogP contribution in [0.1, 0.15) is 0 Å². The summed E-state index contributed by atoms with van der Waals surface area (Å²) in [6.07, 6.45) is 1.46. The largest absolute Gasteiger partial charge is 0.493 e. The van der Waals surface area contributed by atoms with E-state index in [1.54, 1.807) is 0 Å². The summed E-state index contributed by atoms with van der Waals surface area (Å²) in [7, 11) is 1.42. The van der Waals surface area contributed by atoms with Crippen molar-refractivity contribution in [2.24, 2.45) is 0 Å². The van der Waals surface area contributed by atoms with Gasteiger partial charge in [0.25, 0.3) is 5.69 Å².